The van der Waals surface area contributed by atoms with Crippen molar-refractivity contribution in [1.29, 1.82) is 5.26 Å². The van der Waals surface area contributed by atoms with E-state index in [0.717, 1.165) is 24.2 Å². The summed E-state index contributed by atoms with van der Waals surface area (Å²) in [4.78, 5) is 24.3. The second-order valence-electron chi connectivity index (χ2n) is 6.32. The lowest BCUT2D eigenvalue weighted by Gasteiger charge is -2.09. The highest BCUT2D eigenvalue weighted by molar-refractivity contribution is 6.32. The average molecular weight is 372 g/mol. The first-order valence-corrected chi connectivity index (χ1v) is 8.63. The van der Waals surface area contributed by atoms with E-state index in [9.17, 15) is 9.59 Å². The van der Waals surface area contributed by atoms with Gasteiger partial charge < -0.3 is 14.6 Å². The molecule has 1 aromatic heterocycles. The zero-order valence-corrected chi connectivity index (χ0v) is 15.3. The first-order chi connectivity index (χ1) is 12.4. The molecule has 0 saturated heterocycles. The number of benzene rings is 1. The molecule has 2 aromatic rings. The summed E-state index contributed by atoms with van der Waals surface area (Å²) >= 11 is 5.92. The molecule has 1 aliphatic carbocycles. The van der Waals surface area contributed by atoms with Gasteiger partial charge in [-0.3, -0.25) is 4.79 Å². The number of ether oxygens (including phenoxy) is 1. The Labute approximate surface area is 156 Å². The highest BCUT2D eigenvalue weighted by Crippen LogP contribution is 2.38. The van der Waals surface area contributed by atoms with Crippen LogP contribution in [0.5, 0.6) is 0 Å². The molecule has 26 heavy (non-hydrogen) atoms. The van der Waals surface area contributed by atoms with Gasteiger partial charge in [0.2, 0.25) is 0 Å². The van der Waals surface area contributed by atoms with Crippen molar-refractivity contribution < 1.29 is 14.3 Å². The van der Waals surface area contributed by atoms with Gasteiger partial charge in [-0.1, -0.05) is 11.6 Å². The molecule has 7 heteroatoms. The van der Waals surface area contributed by atoms with Crippen LogP contribution in [-0.4, -0.2) is 23.1 Å². The van der Waals surface area contributed by atoms with Crippen molar-refractivity contribution in [3.05, 3.63) is 51.8 Å². The van der Waals surface area contributed by atoms with Crippen LogP contribution in [0.25, 0.3) is 0 Å². The molecule has 1 amide bonds. The number of amides is 1. The van der Waals surface area contributed by atoms with Crippen LogP contribution in [0.15, 0.2) is 24.3 Å². The maximum atomic E-state index is 12.3. The van der Waals surface area contributed by atoms with Crippen molar-refractivity contribution in [2.24, 2.45) is 0 Å². The maximum Gasteiger partial charge on any atom is 0.340 e. The smallest absolute Gasteiger partial charge is 0.340 e. The fraction of sp³-hybridized carbons (Fsp3) is 0.316. The molecule has 1 aliphatic rings. The predicted molar refractivity (Wildman–Crippen MR) is 97.3 cm³/mol. The molecule has 0 spiro atoms. The molecule has 134 valence electrons. The monoisotopic (exact) mass is 371 g/mol. The Morgan fingerprint density at radius 1 is 1.35 bits per heavy atom. The van der Waals surface area contributed by atoms with Crippen molar-refractivity contribution in [2.75, 3.05) is 11.9 Å². The van der Waals surface area contributed by atoms with E-state index in [-0.39, 0.29) is 5.02 Å². The number of carbonyl (C=O) groups excluding carboxylic acids is 2. The van der Waals surface area contributed by atoms with Gasteiger partial charge in [-0.05, 0) is 51.0 Å². The zero-order valence-electron chi connectivity index (χ0n) is 14.5. The number of hydrogen-bond donors (Lipinski definition) is 1. The third-order valence-electron chi connectivity index (χ3n) is 4.32. The highest BCUT2D eigenvalue weighted by Gasteiger charge is 2.28. The summed E-state index contributed by atoms with van der Waals surface area (Å²) in [5.41, 5.74) is 3.13. The van der Waals surface area contributed by atoms with E-state index in [0.29, 0.717) is 22.9 Å². The number of rotatable bonds is 5. The van der Waals surface area contributed by atoms with E-state index in [1.165, 1.54) is 12.1 Å². The van der Waals surface area contributed by atoms with E-state index in [1.807, 2.05) is 19.9 Å². The largest absolute Gasteiger partial charge is 0.452 e. The molecule has 6 nitrogen and oxygen atoms in total. The van der Waals surface area contributed by atoms with Gasteiger partial charge in [0.15, 0.2) is 6.61 Å². The van der Waals surface area contributed by atoms with E-state index in [2.05, 4.69) is 9.88 Å². The van der Waals surface area contributed by atoms with Crippen molar-refractivity contribution >= 4 is 29.2 Å². The summed E-state index contributed by atoms with van der Waals surface area (Å²) in [6.07, 6.45) is 2.25. The molecule has 0 bridgehead atoms. The van der Waals surface area contributed by atoms with Crippen molar-refractivity contribution in [3.8, 4) is 6.07 Å². The third kappa shape index (κ3) is 3.73. The Bertz CT molecular complexity index is 923. The Hall–Kier alpha value is -2.78. The van der Waals surface area contributed by atoms with E-state index in [1.54, 1.807) is 12.1 Å². The molecule has 0 unspecified atom stereocenters. The fourth-order valence-electron chi connectivity index (χ4n) is 2.97. The lowest BCUT2D eigenvalue weighted by Crippen LogP contribution is -2.21. The van der Waals surface area contributed by atoms with Crippen LogP contribution >= 0.6 is 11.6 Å². The summed E-state index contributed by atoms with van der Waals surface area (Å²) in [5.74, 6) is -0.992. The summed E-state index contributed by atoms with van der Waals surface area (Å²) < 4.78 is 7.29. The molecular weight excluding hydrogens is 354 g/mol. The summed E-state index contributed by atoms with van der Waals surface area (Å²) in [5, 5.41) is 11.7. The van der Waals surface area contributed by atoms with E-state index < -0.39 is 18.5 Å². The van der Waals surface area contributed by atoms with Crippen LogP contribution in [0.4, 0.5) is 5.69 Å². The first-order valence-electron chi connectivity index (χ1n) is 8.25. The number of nitrogens with zero attached hydrogens (tertiary/aromatic N) is 2. The lowest BCUT2D eigenvalue weighted by atomic mass is 10.2. The molecular formula is C19H18ClN3O3. The molecule has 0 radical (unpaired) electrons. The topological polar surface area (TPSA) is 84.1 Å². The number of nitrogens with one attached hydrogen (secondary N) is 1. The van der Waals surface area contributed by atoms with Gasteiger partial charge in [0, 0.05) is 23.1 Å². The van der Waals surface area contributed by atoms with Crippen LogP contribution in [0.3, 0.4) is 0 Å². The van der Waals surface area contributed by atoms with Crippen LogP contribution in [0, 0.1) is 25.2 Å². The number of esters is 1. The number of aromatic nitrogens is 1. The second-order valence-corrected chi connectivity index (χ2v) is 6.72. The van der Waals surface area contributed by atoms with Crippen molar-refractivity contribution in [1.82, 2.24) is 4.57 Å². The minimum Gasteiger partial charge on any atom is -0.452 e. The number of halogens is 1. The van der Waals surface area contributed by atoms with E-state index in [4.69, 9.17) is 21.6 Å². The highest BCUT2D eigenvalue weighted by atomic mass is 35.5. The minimum absolute atomic E-state index is 0.245. The van der Waals surface area contributed by atoms with Crippen LogP contribution in [0.1, 0.15) is 46.2 Å². The van der Waals surface area contributed by atoms with Gasteiger partial charge in [0.05, 0.1) is 16.1 Å². The molecule has 3 rings (SSSR count). The fourth-order valence-corrected chi connectivity index (χ4v) is 3.19. The first kappa shape index (κ1) is 18.0. The standard InChI is InChI=1S/C19H18ClN3O3/c1-11-7-16(12(2)23(11)15-5-6-15)19(25)26-10-18(24)22-14-4-3-13(9-21)17(20)8-14/h3-4,7-8,15H,5-6,10H2,1-2H3,(H,22,24). The SMILES string of the molecule is Cc1cc(C(=O)OCC(=O)Nc2ccc(C#N)c(Cl)c2)c(C)n1C1CC1. The molecule has 1 N–H and O–H groups in total. The van der Waals surface area contributed by atoms with Crippen molar-refractivity contribution in [2.45, 2.75) is 32.7 Å². The molecule has 1 heterocycles. The average Bonchev–Trinajstić information content (AvgIpc) is 3.38. The Kier molecular flexibility index (Phi) is 5.01. The molecule has 0 atom stereocenters. The number of carbonyl (C=O) groups is 2. The Morgan fingerprint density at radius 3 is 2.69 bits per heavy atom. The zero-order chi connectivity index (χ0) is 18.8. The van der Waals surface area contributed by atoms with Gasteiger partial charge in [0.25, 0.3) is 5.91 Å². The van der Waals surface area contributed by atoms with Crippen LogP contribution < -0.4 is 5.32 Å². The Balaban J connectivity index is 1.59. The third-order valence-corrected chi connectivity index (χ3v) is 4.64. The molecule has 0 aliphatic heterocycles. The van der Waals surface area contributed by atoms with E-state index >= 15 is 0 Å². The summed E-state index contributed by atoms with van der Waals surface area (Å²) in [6, 6.07) is 8.76. The lowest BCUT2D eigenvalue weighted by molar-refractivity contribution is -0.119. The van der Waals surface area contributed by atoms with Gasteiger partial charge >= 0.3 is 5.97 Å². The molecule has 1 fully saturated rings. The minimum atomic E-state index is -0.516. The number of nitriles is 1. The number of aryl methyl sites for hydroxylation is 1. The normalized spacial score (nSPS) is 13.2. The summed E-state index contributed by atoms with van der Waals surface area (Å²) in [7, 11) is 0. The van der Waals surface area contributed by atoms with Gasteiger partial charge in [-0.15, -0.1) is 0 Å². The Morgan fingerprint density at radius 2 is 2.08 bits per heavy atom. The van der Waals surface area contributed by atoms with Crippen LogP contribution in [0.2, 0.25) is 5.02 Å². The van der Waals surface area contributed by atoms with Crippen LogP contribution in [-0.2, 0) is 9.53 Å². The maximum absolute atomic E-state index is 12.3. The van der Waals surface area contributed by atoms with Gasteiger partial charge in [-0.2, -0.15) is 5.26 Å². The number of anilines is 1. The van der Waals surface area contributed by atoms with Crippen molar-refractivity contribution in [3.63, 3.8) is 0 Å². The van der Waals surface area contributed by atoms with Gasteiger partial charge in [0.1, 0.15) is 6.07 Å². The quantitative estimate of drug-likeness (QED) is 0.811. The molecule has 1 saturated carbocycles. The van der Waals surface area contributed by atoms with Gasteiger partial charge in [-0.25, -0.2) is 4.79 Å². The molecule has 1 aromatic carbocycles. The predicted octanol–water partition coefficient (Wildman–Crippen LogP) is 3.76. The second kappa shape index (κ2) is 7.22. The number of hydrogen-bond acceptors (Lipinski definition) is 4. The summed E-state index contributed by atoms with van der Waals surface area (Å²) in [6.45, 7) is 3.45.